The number of carbonyl (C=O) groups is 1. The number of hydrogen-bond donors (Lipinski definition) is 4. The quantitative estimate of drug-likeness (QED) is 0.405. The van der Waals surface area contributed by atoms with E-state index in [-0.39, 0.29) is 31.4 Å². The van der Waals surface area contributed by atoms with Crippen molar-refractivity contribution >= 4 is 5.97 Å². The molecular weight excluding hydrogens is 324 g/mol. The molecule has 0 aliphatic carbocycles. The maximum Gasteiger partial charge on any atom is 0.333 e. The van der Waals surface area contributed by atoms with Crippen molar-refractivity contribution in [3.8, 4) is 0 Å². The first-order valence-corrected chi connectivity index (χ1v) is 8.52. The summed E-state index contributed by atoms with van der Waals surface area (Å²) in [5.41, 5.74) is 6.54. The van der Waals surface area contributed by atoms with Gasteiger partial charge in [0.25, 0.3) is 0 Å². The van der Waals surface area contributed by atoms with E-state index in [9.17, 15) is 15.0 Å². The van der Waals surface area contributed by atoms with Gasteiger partial charge in [0, 0.05) is 25.0 Å². The molecule has 2 unspecified atom stereocenters. The monoisotopic (exact) mass is 354 g/mol. The smallest absolute Gasteiger partial charge is 0.333 e. The minimum Gasteiger partial charge on any atom is -0.479 e. The Morgan fingerprint density at radius 3 is 2.44 bits per heavy atom. The van der Waals surface area contributed by atoms with Gasteiger partial charge in [-0.25, -0.2) is 4.79 Å². The van der Waals surface area contributed by atoms with Crippen molar-refractivity contribution in [1.29, 1.82) is 0 Å². The molecule has 4 atom stereocenters. The molecular formula is C18H30N2O5. The SMILES string of the molecule is C[C@H](N)COC(CO)CN[C@@H](C)COC(Cc1ccccc1)C(=O)O. The summed E-state index contributed by atoms with van der Waals surface area (Å²) >= 11 is 0. The molecule has 0 fully saturated rings. The van der Waals surface area contributed by atoms with Gasteiger partial charge in [-0.2, -0.15) is 0 Å². The number of carboxylic acids is 1. The first-order chi connectivity index (χ1) is 11.9. The van der Waals surface area contributed by atoms with E-state index >= 15 is 0 Å². The first kappa shape index (κ1) is 21.5. The van der Waals surface area contributed by atoms with Gasteiger partial charge in [0.2, 0.25) is 0 Å². The van der Waals surface area contributed by atoms with Gasteiger partial charge in [-0.3, -0.25) is 0 Å². The number of benzene rings is 1. The molecule has 1 rings (SSSR count). The third-order valence-electron chi connectivity index (χ3n) is 3.58. The lowest BCUT2D eigenvalue weighted by Crippen LogP contribution is -2.41. The molecule has 0 saturated carbocycles. The first-order valence-electron chi connectivity index (χ1n) is 8.52. The zero-order valence-electron chi connectivity index (χ0n) is 14.9. The van der Waals surface area contributed by atoms with Crippen molar-refractivity contribution in [2.75, 3.05) is 26.4 Å². The highest BCUT2D eigenvalue weighted by Gasteiger charge is 2.20. The number of rotatable bonds is 13. The Kier molecular flexibility index (Phi) is 10.3. The van der Waals surface area contributed by atoms with Crippen LogP contribution in [-0.2, 0) is 20.7 Å². The number of hydrogen-bond acceptors (Lipinski definition) is 6. The number of carboxylic acid groups (broad SMARTS) is 1. The van der Waals surface area contributed by atoms with Crippen LogP contribution in [0.25, 0.3) is 0 Å². The molecule has 0 radical (unpaired) electrons. The van der Waals surface area contributed by atoms with Crippen LogP contribution in [0.3, 0.4) is 0 Å². The van der Waals surface area contributed by atoms with E-state index in [1.807, 2.05) is 44.2 Å². The zero-order valence-corrected chi connectivity index (χ0v) is 14.9. The highest BCUT2D eigenvalue weighted by atomic mass is 16.5. The third-order valence-corrected chi connectivity index (χ3v) is 3.58. The molecule has 0 aliphatic heterocycles. The van der Waals surface area contributed by atoms with E-state index in [2.05, 4.69) is 5.32 Å². The predicted molar refractivity (Wildman–Crippen MR) is 95.5 cm³/mol. The van der Waals surface area contributed by atoms with Crippen molar-refractivity contribution in [3.63, 3.8) is 0 Å². The van der Waals surface area contributed by atoms with Crippen molar-refractivity contribution < 1.29 is 24.5 Å². The van der Waals surface area contributed by atoms with Gasteiger partial charge >= 0.3 is 5.97 Å². The lowest BCUT2D eigenvalue weighted by molar-refractivity contribution is -0.150. The molecule has 1 aromatic carbocycles. The average Bonchev–Trinajstić information content (AvgIpc) is 2.59. The summed E-state index contributed by atoms with van der Waals surface area (Å²) in [5.74, 6) is -0.982. The van der Waals surface area contributed by atoms with Gasteiger partial charge in [-0.1, -0.05) is 30.3 Å². The summed E-state index contributed by atoms with van der Waals surface area (Å²) in [6.07, 6.45) is -0.928. The summed E-state index contributed by atoms with van der Waals surface area (Å²) in [4.78, 5) is 11.4. The second-order valence-electron chi connectivity index (χ2n) is 6.27. The van der Waals surface area contributed by atoms with E-state index < -0.39 is 12.1 Å². The highest BCUT2D eigenvalue weighted by Crippen LogP contribution is 2.07. The van der Waals surface area contributed by atoms with Crippen LogP contribution in [0.1, 0.15) is 19.4 Å². The van der Waals surface area contributed by atoms with Crippen LogP contribution < -0.4 is 11.1 Å². The molecule has 0 aromatic heterocycles. The molecule has 0 aliphatic rings. The van der Waals surface area contributed by atoms with E-state index in [4.69, 9.17) is 15.2 Å². The average molecular weight is 354 g/mol. The predicted octanol–water partition coefficient (Wildman–Crippen LogP) is 0.402. The van der Waals surface area contributed by atoms with Crippen molar-refractivity contribution in [3.05, 3.63) is 35.9 Å². The molecule has 0 heterocycles. The van der Waals surface area contributed by atoms with Crippen LogP contribution >= 0.6 is 0 Å². The zero-order chi connectivity index (χ0) is 18.7. The number of aliphatic hydroxyl groups is 1. The van der Waals surface area contributed by atoms with Crippen molar-refractivity contribution in [1.82, 2.24) is 5.32 Å². The maximum absolute atomic E-state index is 11.4. The molecule has 7 heteroatoms. The van der Waals surface area contributed by atoms with Crippen LogP contribution in [-0.4, -0.2) is 66.8 Å². The van der Waals surface area contributed by atoms with Crippen molar-refractivity contribution in [2.24, 2.45) is 5.73 Å². The largest absolute Gasteiger partial charge is 0.479 e. The Hall–Kier alpha value is -1.51. The summed E-state index contributed by atoms with van der Waals surface area (Å²) in [5, 5.41) is 21.8. The highest BCUT2D eigenvalue weighted by molar-refractivity contribution is 5.72. The fraction of sp³-hybridized carbons (Fsp3) is 0.611. The number of aliphatic carboxylic acids is 1. The van der Waals surface area contributed by atoms with Gasteiger partial charge in [0.1, 0.15) is 0 Å². The normalized spacial score (nSPS) is 16.2. The van der Waals surface area contributed by atoms with E-state index in [0.29, 0.717) is 19.6 Å². The molecule has 0 saturated heterocycles. The fourth-order valence-corrected chi connectivity index (χ4v) is 2.16. The summed E-state index contributed by atoms with van der Waals surface area (Å²) in [6.45, 7) is 4.66. The minimum absolute atomic E-state index is 0.0782. The molecule has 0 amide bonds. The molecule has 25 heavy (non-hydrogen) atoms. The van der Waals surface area contributed by atoms with E-state index in [1.54, 1.807) is 0 Å². The lowest BCUT2D eigenvalue weighted by atomic mass is 10.1. The summed E-state index contributed by atoms with van der Waals surface area (Å²) < 4.78 is 11.0. The Bertz CT molecular complexity index is 484. The standard InChI is InChI=1S/C18H30N2O5/c1-13(19)11-24-16(10-21)9-20-14(2)12-25-17(18(22)23)8-15-6-4-3-5-7-15/h3-7,13-14,16-17,20-21H,8-12,19H2,1-2H3,(H,22,23)/t13-,14-,16?,17?/m0/s1. The van der Waals surface area contributed by atoms with Crippen LogP contribution in [0.15, 0.2) is 30.3 Å². The molecule has 142 valence electrons. The van der Waals surface area contributed by atoms with E-state index in [0.717, 1.165) is 5.56 Å². The molecule has 0 spiro atoms. The van der Waals surface area contributed by atoms with Crippen LogP contribution in [0.4, 0.5) is 0 Å². The molecule has 0 bridgehead atoms. The lowest BCUT2D eigenvalue weighted by Gasteiger charge is -2.22. The van der Waals surface area contributed by atoms with Crippen LogP contribution in [0.2, 0.25) is 0 Å². The number of nitrogens with two attached hydrogens (primary N) is 1. The number of aliphatic hydroxyl groups excluding tert-OH is 1. The van der Waals surface area contributed by atoms with E-state index in [1.165, 1.54) is 0 Å². The fourth-order valence-electron chi connectivity index (χ4n) is 2.16. The second-order valence-corrected chi connectivity index (χ2v) is 6.27. The topological polar surface area (TPSA) is 114 Å². The maximum atomic E-state index is 11.4. The van der Waals surface area contributed by atoms with Crippen LogP contribution in [0, 0.1) is 0 Å². The van der Waals surface area contributed by atoms with Gasteiger partial charge in [0.15, 0.2) is 6.10 Å². The molecule has 7 nitrogen and oxygen atoms in total. The second kappa shape index (κ2) is 11.9. The minimum atomic E-state index is -0.982. The summed E-state index contributed by atoms with van der Waals surface area (Å²) in [7, 11) is 0. The Balaban J connectivity index is 2.36. The van der Waals surface area contributed by atoms with Crippen molar-refractivity contribution in [2.45, 2.75) is 44.6 Å². The van der Waals surface area contributed by atoms with Crippen LogP contribution in [0.5, 0.6) is 0 Å². The van der Waals surface area contributed by atoms with Gasteiger partial charge in [-0.05, 0) is 19.4 Å². The van der Waals surface area contributed by atoms with Gasteiger partial charge in [-0.15, -0.1) is 0 Å². The Morgan fingerprint density at radius 1 is 1.20 bits per heavy atom. The number of nitrogens with one attached hydrogen (secondary N) is 1. The number of ether oxygens (including phenoxy) is 2. The van der Waals surface area contributed by atoms with Gasteiger partial charge in [0.05, 0.1) is 25.9 Å². The third kappa shape index (κ3) is 9.52. The summed E-state index contributed by atoms with van der Waals surface area (Å²) in [6, 6.07) is 9.21. The molecule has 1 aromatic rings. The molecule has 5 N–H and O–H groups in total. The Morgan fingerprint density at radius 2 is 1.88 bits per heavy atom. The Labute approximate surface area is 149 Å². The van der Waals surface area contributed by atoms with Gasteiger partial charge < -0.3 is 30.7 Å².